The Morgan fingerprint density at radius 3 is 2.41 bits per heavy atom. The van der Waals surface area contributed by atoms with E-state index in [1.54, 1.807) is 0 Å². The van der Waals surface area contributed by atoms with E-state index in [9.17, 15) is 5.11 Å². The summed E-state index contributed by atoms with van der Waals surface area (Å²) in [6.45, 7) is 7.41. The van der Waals surface area contributed by atoms with E-state index in [2.05, 4.69) is 30.9 Å². The predicted octanol–water partition coefficient (Wildman–Crippen LogP) is 3.36. The van der Waals surface area contributed by atoms with Crippen LogP contribution in [0, 0.1) is 5.92 Å². The number of nitrogens with zero attached hydrogens (tertiary/aromatic N) is 1. The van der Waals surface area contributed by atoms with Gasteiger partial charge in [0.15, 0.2) is 0 Å². The molecule has 2 rings (SSSR count). The molecule has 0 aliphatic heterocycles. The van der Waals surface area contributed by atoms with Gasteiger partial charge in [0.25, 0.3) is 0 Å². The average molecular weight is 233 g/mol. The first-order valence-electron chi connectivity index (χ1n) is 6.63. The van der Waals surface area contributed by atoms with Crippen LogP contribution in [-0.4, -0.2) is 17.7 Å². The second-order valence-electron chi connectivity index (χ2n) is 5.42. The number of rotatable bonds is 5. The molecule has 0 saturated heterocycles. The molecule has 94 valence electrons. The normalized spacial score (nSPS) is 17.2. The van der Waals surface area contributed by atoms with E-state index in [1.165, 1.54) is 18.5 Å². The van der Waals surface area contributed by atoms with E-state index in [0.717, 1.165) is 18.0 Å². The van der Waals surface area contributed by atoms with Crippen molar-refractivity contribution in [1.82, 2.24) is 0 Å². The van der Waals surface area contributed by atoms with Gasteiger partial charge in [-0.2, -0.15) is 0 Å². The Kier molecular flexibility index (Phi) is 3.72. The Labute approximate surface area is 104 Å². The Bertz CT molecular complexity index is 369. The third-order valence-electron chi connectivity index (χ3n) is 3.47. The van der Waals surface area contributed by atoms with Crippen LogP contribution in [0.3, 0.4) is 0 Å². The van der Waals surface area contributed by atoms with Crippen LogP contribution in [0.15, 0.2) is 24.3 Å². The maximum atomic E-state index is 9.86. The molecule has 1 aliphatic carbocycles. The van der Waals surface area contributed by atoms with Crippen molar-refractivity contribution in [2.75, 3.05) is 11.4 Å². The summed E-state index contributed by atoms with van der Waals surface area (Å²) in [6, 6.07) is 8.70. The predicted molar refractivity (Wildman–Crippen MR) is 72.3 cm³/mol. The molecule has 17 heavy (non-hydrogen) atoms. The Morgan fingerprint density at radius 1 is 1.24 bits per heavy atom. The lowest BCUT2D eigenvalue weighted by atomic mass is 10.1. The van der Waals surface area contributed by atoms with Gasteiger partial charge >= 0.3 is 0 Å². The van der Waals surface area contributed by atoms with Crippen molar-refractivity contribution in [3.05, 3.63) is 29.8 Å². The summed E-state index contributed by atoms with van der Waals surface area (Å²) >= 11 is 0. The number of aliphatic hydroxyl groups is 1. The third kappa shape index (κ3) is 3.01. The second-order valence-corrected chi connectivity index (χ2v) is 5.42. The van der Waals surface area contributed by atoms with E-state index >= 15 is 0 Å². The van der Waals surface area contributed by atoms with Gasteiger partial charge in [0.2, 0.25) is 0 Å². The van der Waals surface area contributed by atoms with Gasteiger partial charge in [-0.25, -0.2) is 0 Å². The van der Waals surface area contributed by atoms with Gasteiger partial charge in [0.1, 0.15) is 0 Å². The lowest BCUT2D eigenvalue weighted by Crippen LogP contribution is -2.33. The fourth-order valence-corrected chi connectivity index (χ4v) is 2.27. The first-order valence-corrected chi connectivity index (χ1v) is 6.63. The van der Waals surface area contributed by atoms with Crippen LogP contribution in [0.25, 0.3) is 0 Å². The molecule has 1 aromatic carbocycles. The number of anilines is 1. The van der Waals surface area contributed by atoms with Crippen molar-refractivity contribution >= 4 is 5.69 Å². The van der Waals surface area contributed by atoms with Crippen molar-refractivity contribution in [3.63, 3.8) is 0 Å². The number of hydrogen-bond donors (Lipinski definition) is 1. The maximum Gasteiger partial charge on any atom is 0.0781 e. The Hall–Kier alpha value is -1.02. The minimum Gasteiger partial charge on any atom is -0.389 e. The van der Waals surface area contributed by atoms with Gasteiger partial charge in [-0.1, -0.05) is 18.2 Å². The lowest BCUT2D eigenvalue weighted by molar-refractivity contribution is 0.199. The van der Waals surface area contributed by atoms with Gasteiger partial charge in [0, 0.05) is 23.8 Å². The number of aliphatic hydroxyl groups excluding tert-OH is 1. The molecule has 1 saturated carbocycles. The molecule has 1 aromatic rings. The molecule has 0 unspecified atom stereocenters. The van der Waals surface area contributed by atoms with Gasteiger partial charge in [0.05, 0.1) is 6.10 Å². The molecule has 0 aromatic heterocycles. The summed E-state index contributed by atoms with van der Waals surface area (Å²) in [4.78, 5) is 2.43. The number of hydrogen-bond acceptors (Lipinski definition) is 2. The molecule has 2 heteroatoms. The fourth-order valence-electron chi connectivity index (χ4n) is 2.27. The molecule has 0 spiro atoms. The van der Waals surface area contributed by atoms with Crippen molar-refractivity contribution in [2.24, 2.45) is 5.92 Å². The maximum absolute atomic E-state index is 9.86. The van der Waals surface area contributed by atoms with Crippen LogP contribution in [0.2, 0.25) is 0 Å². The molecule has 0 radical (unpaired) electrons. The fraction of sp³-hybridized carbons (Fsp3) is 0.600. The summed E-state index contributed by atoms with van der Waals surface area (Å²) in [6.07, 6.45) is 2.33. The van der Waals surface area contributed by atoms with Crippen molar-refractivity contribution < 1.29 is 5.11 Å². The largest absolute Gasteiger partial charge is 0.389 e. The molecule has 2 nitrogen and oxygen atoms in total. The van der Waals surface area contributed by atoms with Crippen LogP contribution < -0.4 is 4.90 Å². The molecular weight excluding hydrogens is 210 g/mol. The van der Waals surface area contributed by atoms with Crippen LogP contribution in [0.1, 0.15) is 45.3 Å². The summed E-state index contributed by atoms with van der Waals surface area (Å²) in [7, 11) is 0. The highest BCUT2D eigenvalue weighted by molar-refractivity contribution is 5.55. The van der Waals surface area contributed by atoms with Gasteiger partial charge in [-0.15, -0.1) is 0 Å². The highest BCUT2D eigenvalue weighted by atomic mass is 16.3. The monoisotopic (exact) mass is 233 g/mol. The zero-order chi connectivity index (χ0) is 12.4. The molecule has 0 bridgehead atoms. The molecule has 0 amide bonds. The molecular formula is C15H23NO. The summed E-state index contributed by atoms with van der Waals surface area (Å²) in [5.41, 5.74) is 2.24. The third-order valence-corrected chi connectivity index (χ3v) is 3.47. The summed E-state index contributed by atoms with van der Waals surface area (Å²) < 4.78 is 0. The van der Waals surface area contributed by atoms with Crippen LogP contribution >= 0.6 is 0 Å². The van der Waals surface area contributed by atoms with Crippen LogP contribution in [0.4, 0.5) is 5.69 Å². The topological polar surface area (TPSA) is 23.5 Å². The van der Waals surface area contributed by atoms with Crippen molar-refractivity contribution in [1.29, 1.82) is 0 Å². The SMILES string of the molecule is CC(C)N(CC1CC1)c1ccccc1[C@@H](C)O. The standard InChI is InChI=1S/C15H23NO/c1-11(2)16(10-13-8-9-13)15-7-5-4-6-14(15)12(3)17/h4-7,11-13,17H,8-10H2,1-3H3/t12-/m1/s1. The second kappa shape index (κ2) is 5.09. The smallest absolute Gasteiger partial charge is 0.0781 e. The number of benzene rings is 1. The summed E-state index contributed by atoms with van der Waals surface area (Å²) in [5, 5.41) is 9.86. The zero-order valence-corrected chi connectivity index (χ0v) is 11.1. The van der Waals surface area contributed by atoms with Crippen LogP contribution in [0.5, 0.6) is 0 Å². The molecule has 1 aliphatic rings. The Morgan fingerprint density at radius 2 is 1.88 bits per heavy atom. The first kappa shape index (κ1) is 12.4. The quantitative estimate of drug-likeness (QED) is 0.843. The van der Waals surface area contributed by atoms with E-state index < -0.39 is 6.10 Å². The van der Waals surface area contributed by atoms with E-state index in [4.69, 9.17) is 0 Å². The average Bonchev–Trinajstić information content (AvgIpc) is 3.09. The number of para-hydroxylation sites is 1. The van der Waals surface area contributed by atoms with Crippen molar-refractivity contribution in [2.45, 2.75) is 45.8 Å². The van der Waals surface area contributed by atoms with Gasteiger partial charge in [-0.05, 0) is 45.6 Å². The van der Waals surface area contributed by atoms with E-state index in [1.807, 2.05) is 19.1 Å². The zero-order valence-electron chi connectivity index (χ0n) is 11.1. The molecule has 1 N–H and O–H groups in total. The Balaban J connectivity index is 2.27. The highest BCUT2D eigenvalue weighted by Gasteiger charge is 2.26. The lowest BCUT2D eigenvalue weighted by Gasteiger charge is -2.31. The van der Waals surface area contributed by atoms with Crippen molar-refractivity contribution in [3.8, 4) is 0 Å². The minimum absolute atomic E-state index is 0.397. The summed E-state index contributed by atoms with van der Waals surface area (Å²) in [5.74, 6) is 0.861. The van der Waals surface area contributed by atoms with E-state index in [-0.39, 0.29) is 0 Å². The van der Waals surface area contributed by atoms with Crippen LogP contribution in [-0.2, 0) is 0 Å². The molecule has 1 fully saturated rings. The van der Waals surface area contributed by atoms with Gasteiger partial charge < -0.3 is 10.0 Å². The minimum atomic E-state index is -0.397. The molecule has 1 atom stereocenters. The molecule has 0 heterocycles. The van der Waals surface area contributed by atoms with Gasteiger partial charge in [-0.3, -0.25) is 0 Å². The highest BCUT2D eigenvalue weighted by Crippen LogP contribution is 2.34. The first-order chi connectivity index (χ1) is 8.09. The van der Waals surface area contributed by atoms with E-state index in [0.29, 0.717) is 6.04 Å².